The molecule has 0 aliphatic carbocycles. The van der Waals surface area contributed by atoms with E-state index >= 15 is 0 Å². The molecule has 94 valence electrons. The van der Waals surface area contributed by atoms with Crippen molar-refractivity contribution in [2.75, 3.05) is 0 Å². The molecule has 0 fully saturated rings. The van der Waals surface area contributed by atoms with Crippen LogP contribution in [0.15, 0.2) is 18.2 Å². The fourth-order valence-corrected chi connectivity index (χ4v) is 1.11. The molecule has 0 radical (unpaired) electrons. The summed E-state index contributed by atoms with van der Waals surface area (Å²) in [5.74, 6) is -0.860. The third-order valence-electron chi connectivity index (χ3n) is 1.90. The summed E-state index contributed by atoms with van der Waals surface area (Å²) >= 11 is 0. The van der Waals surface area contributed by atoms with Crippen LogP contribution in [0.5, 0.6) is 0 Å². The quantitative estimate of drug-likeness (QED) is 0.453. The predicted octanol–water partition coefficient (Wildman–Crippen LogP) is 3.01. The first-order chi connectivity index (χ1) is 7.51. The van der Waals surface area contributed by atoms with Gasteiger partial charge in [-0.15, -0.1) is 0 Å². The van der Waals surface area contributed by atoms with Gasteiger partial charge < -0.3 is 5.73 Å². The van der Waals surface area contributed by atoms with Crippen LogP contribution in [-0.2, 0) is 12.4 Å². The lowest BCUT2D eigenvalue weighted by atomic mass is 10.0. The van der Waals surface area contributed by atoms with Crippen LogP contribution in [0.4, 0.5) is 26.3 Å². The molecule has 0 saturated carbocycles. The molecule has 0 saturated heterocycles. The third-order valence-corrected chi connectivity index (χ3v) is 1.90. The average molecular weight is 256 g/mol. The molecule has 0 amide bonds. The van der Waals surface area contributed by atoms with E-state index in [-0.39, 0.29) is 6.07 Å². The van der Waals surface area contributed by atoms with Crippen molar-refractivity contribution in [2.45, 2.75) is 12.4 Å². The van der Waals surface area contributed by atoms with Crippen molar-refractivity contribution in [1.29, 1.82) is 5.41 Å². The largest absolute Gasteiger partial charge is 0.416 e. The normalized spacial score (nSPS) is 12.6. The minimum absolute atomic E-state index is 0.0214. The van der Waals surface area contributed by atoms with Crippen LogP contribution in [0.2, 0.25) is 0 Å². The number of nitrogen functional groups attached to an aromatic ring is 1. The van der Waals surface area contributed by atoms with Gasteiger partial charge in [0.1, 0.15) is 5.84 Å². The van der Waals surface area contributed by atoms with E-state index < -0.39 is 34.9 Å². The zero-order valence-corrected chi connectivity index (χ0v) is 8.08. The zero-order valence-electron chi connectivity index (χ0n) is 8.08. The lowest BCUT2D eigenvalue weighted by Crippen LogP contribution is -2.17. The van der Waals surface area contributed by atoms with Crippen LogP contribution in [-0.4, -0.2) is 5.84 Å². The van der Waals surface area contributed by atoms with Gasteiger partial charge >= 0.3 is 12.4 Å². The van der Waals surface area contributed by atoms with Crippen molar-refractivity contribution >= 4 is 5.84 Å². The van der Waals surface area contributed by atoms with Crippen LogP contribution in [0.25, 0.3) is 0 Å². The lowest BCUT2D eigenvalue weighted by Gasteiger charge is -2.13. The minimum Gasteiger partial charge on any atom is -0.384 e. The molecular weight excluding hydrogens is 250 g/mol. The number of hydrogen-bond acceptors (Lipinski definition) is 1. The Morgan fingerprint density at radius 2 is 1.24 bits per heavy atom. The second-order valence-electron chi connectivity index (χ2n) is 3.21. The SMILES string of the molecule is N=C(N)c1cc(C(F)(F)F)cc(C(F)(F)F)c1. The van der Waals surface area contributed by atoms with Crippen LogP contribution in [0.1, 0.15) is 16.7 Å². The Bertz CT molecular complexity index is 414. The molecule has 0 atom stereocenters. The summed E-state index contributed by atoms with van der Waals surface area (Å²) in [6.07, 6.45) is -9.85. The van der Waals surface area contributed by atoms with Gasteiger partial charge in [0.25, 0.3) is 0 Å². The number of alkyl halides is 6. The second-order valence-corrected chi connectivity index (χ2v) is 3.21. The summed E-state index contributed by atoms with van der Waals surface area (Å²) in [4.78, 5) is 0. The number of rotatable bonds is 1. The van der Waals surface area contributed by atoms with Crippen LogP contribution < -0.4 is 5.73 Å². The first kappa shape index (κ1) is 13.3. The standard InChI is InChI=1S/C9H6F6N2/c10-8(11,12)5-1-4(7(16)17)2-6(3-5)9(13,14)15/h1-3H,(H3,16,17). The average Bonchev–Trinajstić information content (AvgIpc) is 2.14. The molecule has 0 bridgehead atoms. The van der Waals surface area contributed by atoms with Gasteiger partial charge in [0, 0.05) is 5.56 Å². The molecule has 1 rings (SSSR count). The van der Waals surface area contributed by atoms with Crippen molar-refractivity contribution in [3.63, 3.8) is 0 Å². The maximum atomic E-state index is 12.3. The third kappa shape index (κ3) is 3.11. The Morgan fingerprint density at radius 3 is 1.47 bits per heavy atom. The number of nitrogens with two attached hydrogens (primary N) is 1. The predicted molar refractivity (Wildman–Crippen MR) is 47.5 cm³/mol. The zero-order chi connectivity index (χ0) is 13.4. The van der Waals surface area contributed by atoms with Gasteiger partial charge in [-0.25, -0.2) is 0 Å². The van der Waals surface area contributed by atoms with Gasteiger partial charge in [0.15, 0.2) is 0 Å². The summed E-state index contributed by atoms with van der Waals surface area (Å²) in [5, 5.41) is 6.88. The molecule has 8 heteroatoms. The smallest absolute Gasteiger partial charge is 0.384 e. The molecule has 0 heterocycles. The fourth-order valence-electron chi connectivity index (χ4n) is 1.11. The van der Waals surface area contributed by atoms with E-state index in [2.05, 4.69) is 0 Å². The molecule has 0 spiro atoms. The molecule has 0 aliphatic rings. The van der Waals surface area contributed by atoms with E-state index in [0.717, 1.165) is 0 Å². The molecule has 1 aromatic rings. The van der Waals surface area contributed by atoms with Crippen LogP contribution >= 0.6 is 0 Å². The monoisotopic (exact) mass is 256 g/mol. The number of benzene rings is 1. The minimum atomic E-state index is -4.93. The molecule has 2 nitrogen and oxygen atoms in total. The van der Waals surface area contributed by atoms with Gasteiger partial charge in [-0.05, 0) is 18.2 Å². The number of amidine groups is 1. The highest BCUT2D eigenvalue weighted by Gasteiger charge is 2.37. The Kier molecular flexibility index (Phi) is 3.09. The lowest BCUT2D eigenvalue weighted by molar-refractivity contribution is -0.143. The molecule has 0 aliphatic heterocycles. The Hall–Kier alpha value is -1.73. The van der Waals surface area contributed by atoms with E-state index in [0.29, 0.717) is 12.1 Å². The Labute approximate surface area is 91.5 Å². The van der Waals surface area contributed by atoms with Gasteiger partial charge in [-0.2, -0.15) is 26.3 Å². The maximum absolute atomic E-state index is 12.3. The van der Waals surface area contributed by atoms with Gasteiger partial charge in [-0.1, -0.05) is 0 Å². The van der Waals surface area contributed by atoms with Crippen molar-refractivity contribution in [1.82, 2.24) is 0 Å². The highest BCUT2D eigenvalue weighted by atomic mass is 19.4. The van der Waals surface area contributed by atoms with E-state index in [9.17, 15) is 26.3 Å². The Morgan fingerprint density at radius 1 is 0.882 bits per heavy atom. The van der Waals surface area contributed by atoms with E-state index in [1.165, 1.54) is 0 Å². The summed E-state index contributed by atoms with van der Waals surface area (Å²) < 4.78 is 73.9. The summed E-state index contributed by atoms with van der Waals surface area (Å²) in [5.41, 5.74) is 1.29. The van der Waals surface area contributed by atoms with Gasteiger partial charge in [0.2, 0.25) is 0 Å². The van der Waals surface area contributed by atoms with Crippen molar-refractivity contribution < 1.29 is 26.3 Å². The van der Waals surface area contributed by atoms with Gasteiger partial charge in [0.05, 0.1) is 11.1 Å². The highest BCUT2D eigenvalue weighted by molar-refractivity contribution is 5.95. The van der Waals surface area contributed by atoms with E-state index in [1.807, 2.05) is 0 Å². The Balaban J connectivity index is 3.45. The first-order valence-corrected chi connectivity index (χ1v) is 4.15. The summed E-state index contributed by atoms with van der Waals surface area (Å²) in [6, 6.07) is 0.779. The molecule has 0 unspecified atom stereocenters. The topological polar surface area (TPSA) is 49.9 Å². The summed E-state index contributed by atoms with van der Waals surface area (Å²) in [7, 11) is 0. The number of halogens is 6. The first-order valence-electron chi connectivity index (χ1n) is 4.15. The maximum Gasteiger partial charge on any atom is 0.416 e. The molecular formula is C9H6F6N2. The van der Waals surface area contributed by atoms with E-state index in [4.69, 9.17) is 11.1 Å². The second kappa shape index (κ2) is 3.94. The van der Waals surface area contributed by atoms with Crippen LogP contribution in [0, 0.1) is 5.41 Å². The van der Waals surface area contributed by atoms with Crippen LogP contribution in [0.3, 0.4) is 0 Å². The van der Waals surface area contributed by atoms with Crippen molar-refractivity contribution in [2.24, 2.45) is 5.73 Å². The number of hydrogen-bond donors (Lipinski definition) is 2. The molecule has 0 aromatic heterocycles. The molecule has 1 aromatic carbocycles. The van der Waals surface area contributed by atoms with Crippen molar-refractivity contribution in [3.05, 3.63) is 34.9 Å². The number of nitrogens with one attached hydrogen (secondary N) is 1. The highest BCUT2D eigenvalue weighted by Crippen LogP contribution is 2.36. The van der Waals surface area contributed by atoms with E-state index in [1.54, 1.807) is 0 Å². The van der Waals surface area contributed by atoms with Gasteiger partial charge in [-0.3, -0.25) is 5.41 Å². The summed E-state index contributed by atoms with van der Waals surface area (Å²) in [6.45, 7) is 0. The molecule has 17 heavy (non-hydrogen) atoms. The fraction of sp³-hybridized carbons (Fsp3) is 0.222. The molecule has 3 N–H and O–H groups in total. The van der Waals surface area contributed by atoms with Crippen molar-refractivity contribution in [3.8, 4) is 0 Å².